The minimum Gasteiger partial charge on any atom is -0.455 e. The van der Waals surface area contributed by atoms with Gasteiger partial charge in [-0.1, -0.05) is 30.8 Å². The van der Waals surface area contributed by atoms with Crippen LogP contribution in [0.2, 0.25) is 0 Å². The SMILES string of the molecule is C=C1CC2(CCc3ccccc3C2)OC1=O. The summed E-state index contributed by atoms with van der Waals surface area (Å²) in [6, 6.07) is 8.40. The summed E-state index contributed by atoms with van der Waals surface area (Å²) >= 11 is 0. The van der Waals surface area contributed by atoms with Crippen LogP contribution >= 0.6 is 0 Å². The van der Waals surface area contributed by atoms with Gasteiger partial charge in [0.25, 0.3) is 0 Å². The predicted molar refractivity (Wildman–Crippen MR) is 61.0 cm³/mol. The highest BCUT2D eigenvalue weighted by Crippen LogP contribution is 2.40. The van der Waals surface area contributed by atoms with Gasteiger partial charge in [-0.3, -0.25) is 0 Å². The van der Waals surface area contributed by atoms with Crippen molar-refractivity contribution in [2.75, 3.05) is 0 Å². The number of fused-ring (bicyclic) bond motifs is 1. The van der Waals surface area contributed by atoms with Gasteiger partial charge in [-0.2, -0.15) is 0 Å². The third-order valence-electron chi connectivity index (χ3n) is 3.61. The molecular formula is C14H14O2. The van der Waals surface area contributed by atoms with Crippen molar-refractivity contribution in [1.29, 1.82) is 0 Å². The zero-order valence-electron chi connectivity index (χ0n) is 9.16. The lowest BCUT2D eigenvalue weighted by molar-refractivity contribution is -0.147. The van der Waals surface area contributed by atoms with E-state index < -0.39 is 0 Å². The lowest BCUT2D eigenvalue weighted by Crippen LogP contribution is -2.35. The fourth-order valence-corrected chi connectivity index (χ4v) is 2.78. The third-order valence-corrected chi connectivity index (χ3v) is 3.61. The van der Waals surface area contributed by atoms with Gasteiger partial charge >= 0.3 is 5.97 Å². The summed E-state index contributed by atoms with van der Waals surface area (Å²) in [6.45, 7) is 3.77. The largest absolute Gasteiger partial charge is 0.455 e. The molecule has 0 bridgehead atoms. The third kappa shape index (κ3) is 1.37. The summed E-state index contributed by atoms with van der Waals surface area (Å²) < 4.78 is 5.52. The molecule has 1 aromatic carbocycles. The monoisotopic (exact) mass is 214 g/mol. The molecule has 1 fully saturated rings. The van der Waals surface area contributed by atoms with E-state index in [1.165, 1.54) is 11.1 Å². The number of aryl methyl sites for hydroxylation is 1. The predicted octanol–water partition coefficient (Wildman–Crippen LogP) is 2.42. The van der Waals surface area contributed by atoms with Gasteiger partial charge in [0.15, 0.2) is 0 Å². The van der Waals surface area contributed by atoms with E-state index in [1.807, 2.05) is 6.07 Å². The maximum Gasteiger partial charge on any atom is 0.334 e. The molecule has 1 aliphatic carbocycles. The lowest BCUT2D eigenvalue weighted by Gasteiger charge is -2.32. The van der Waals surface area contributed by atoms with Crippen LogP contribution in [0.15, 0.2) is 36.4 Å². The molecule has 2 nitrogen and oxygen atoms in total. The Hall–Kier alpha value is -1.57. The van der Waals surface area contributed by atoms with Gasteiger partial charge in [-0.15, -0.1) is 0 Å². The minimum atomic E-state index is -0.289. The minimum absolute atomic E-state index is 0.209. The molecule has 82 valence electrons. The number of benzene rings is 1. The Morgan fingerprint density at radius 1 is 1.19 bits per heavy atom. The van der Waals surface area contributed by atoms with Crippen molar-refractivity contribution in [2.24, 2.45) is 0 Å². The summed E-state index contributed by atoms with van der Waals surface area (Å²) in [5, 5.41) is 0. The van der Waals surface area contributed by atoms with Crippen LogP contribution in [-0.2, 0) is 22.4 Å². The molecular weight excluding hydrogens is 200 g/mol. The van der Waals surface area contributed by atoms with Crippen LogP contribution in [0.5, 0.6) is 0 Å². The summed E-state index contributed by atoms with van der Waals surface area (Å²) in [5.74, 6) is -0.209. The molecule has 1 unspecified atom stereocenters. The highest BCUT2D eigenvalue weighted by Gasteiger charge is 2.44. The molecule has 1 saturated heterocycles. The van der Waals surface area contributed by atoms with Gasteiger partial charge < -0.3 is 4.74 Å². The number of rotatable bonds is 0. The van der Waals surface area contributed by atoms with E-state index >= 15 is 0 Å². The Labute approximate surface area is 94.9 Å². The van der Waals surface area contributed by atoms with Crippen LogP contribution in [0.1, 0.15) is 24.0 Å². The summed E-state index contributed by atoms with van der Waals surface area (Å²) in [5.41, 5.74) is 3.04. The Kier molecular flexibility index (Phi) is 1.93. The summed E-state index contributed by atoms with van der Waals surface area (Å²) in [7, 11) is 0. The first-order valence-electron chi connectivity index (χ1n) is 5.66. The molecule has 0 saturated carbocycles. The van der Waals surface area contributed by atoms with E-state index in [0.29, 0.717) is 12.0 Å². The second-order valence-electron chi connectivity index (χ2n) is 4.80. The van der Waals surface area contributed by atoms with E-state index in [1.54, 1.807) is 0 Å². The maximum atomic E-state index is 11.4. The highest BCUT2D eigenvalue weighted by molar-refractivity contribution is 5.90. The second-order valence-corrected chi connectivity index (χ2v) is 4.80. The second kappa shape index (κ2) is 3.21. The van der Waals surface area contributed by atoms with Gasteiger partial charge in [0.05, 0.1) is 0 Å². The number of ether oxygens (including phenoxy) is 1. The topological polar surface area (TPSA) is 26.3 Å². The number of hydrogen-bond acceptors (Lipinski definition) is 2. The summed E-state index contributed by atoms with van der Waals surface area (Å²) in [6.07, 6.45) is 3.46. The van der Waals surface area contributed by atoms with Crippen molar-refractivity contribution in [2.45, 2.75) is 31.3 Å². The van der Waals surface area contributed by atoms with Gasteiger partial charge in [-0.05, 0) is 24.0 Å². The highest BCUT2D eigenvalue weighted by atomic mass is 16.6. The van der Waals surface area contributed by atoms with Crippen molar-refractivity contribution in [3.05, 3.63) is 47.5 Å². The summed E-state index contributed by atoms with van der Waals surface area (Å²) in [4.78, 5) is 11.4. The number of carbonyl (C=O) groups is 1. The van der Waals surface area contributed by atoms with Crippen molar-refractivity contribution < 1.29 is 9.53 Å². The first kappa shape index (κ1) is 9.64. The molecule has 1 spiro atoms. The molecule has 3 rings (SSSR count). The number of esters is 1. The molecule has 2 aliphatic rings. The van der Waals surface area contributed by atoms with Crippen molar-refractivity contribution >= 4 is 5.97 Å². The molecule has 16 heavy (non-hydrogen) atoms. The molecule has 2 heteroatoms. The van der Waals surface area contributed by atoms with Crippen LogP contribution in [-0.4, -0.2) is 11.6 Å². The first-order valence-corrected chi connectivity index (χ1v) is 5.66. The van der Waals surface area contributed by atoms with Crippen LogP contribution < -0.4 is 0 Å². The Bertz CT molecular complexity index is 457. The maximum absolute atomic E-state index is 11.4. The fourth-order valence-electron chi connectivity index (χ4n) is 2.78. The zero-order chi connectivity index (χ0) is 11.2. The van der Waals surface area contributed by atoms with Crippen LogP contribution in [0.3, 0.4) is 0 Å². The normalized spacial score (nSPS) is 28.0. The van der Waals surface area contributed by atoms with E-state index in [2.05, 4.69) is 24.8 Å². The van der Waals surface area contributed by atoms with E-state index in [9.17, 15) is 4.79 Å². The van der Waals surface area contributed by atoms with E-state index in [4.69, 9.17) is 4.74 Å². The number of carbonyl (C=O) groups excluding carboxylic acids is 1. The number of hydrogen-bond donors (Lipinski definition) is 0. The van der Waals surface area contributed by atoms with Crippen LogP contribution in [0.25, 0.3) is 0 Å². The molecule has 1 atom stereocenters. The molecule has 1 heterocycles. The van der Waals surface area contributed by atoms with Crippen LogP contribution in [0, 0.1) is 0 Å². The van der Waals surface area contributed by atoms with Gasteiger partial charge in [0.2, 0.25) is 0 Å². The molecule has 1 aliphatic heterocycles. The van der Waals surface area contributed by atoms with Gasteiger partial charge in [0, 0.05) is 18.4 Å². The van der Waals surface area contributed by atoms with E-state index in [-0.39, 0.29) is 11.6 Å². The average Bonchev–Trinajstić information content (AvgIpc) is 2.54. The Morgan fingerprint density at radius 2 is 1.94 bits per heavy atom. The quantitative estimate of drug-likeness (QED) is 0.489. The van der Waals surface area contributed by atoms with Gasteiger partial charge in [0.1, 0.15) is 5.60 Å². The average molecular weight is 214 g/mol. The molecule has 0 amide bonds. The molecule has 1 aromatic rings. The first-order chi connectivity index (χ1) is 7.69. The van der Waals surface area contributed by atoms with Crippen molar-refractivity contribution in [3.8, 4) is 0 Å². The Morgan fingerprint density at radius 3 is 2.62 bits per heavy atom. The molecule has 0 N–H and O–H groups in total. The van der Waals surface area contributed by atoms with Crippen molar-refractivity contribution in [3.63, 3.8) is 0 Å². The Balaban J connectivity index is 1.93. The zero-order valence-corrected chi connectivity index (χ0v) is 9.16. The van der Waals surface area contributed by atoms with Crippen LogP contribution in [0.4, 0.5) is 0 Å². The van der Waals surface area contributed by atoms with Gasteiger partial charge in [-0.25, -0.2) is 4.79 Å². The fraction of sp³-hybridized carbons (Fsp3) is 0.357. The van der Waals surface area contributed by atoms with E-state index in [0.717, 1.165) is 19.3 Å². The lowest BCUT2D eigenvalue weighted by atomic mass is 9.78. The standard InChI is InChI=1S/C14H14O2/c1-10-8-14(16-13(10)15)7-6-11-4-2-3-5-12(11)9-14/h2-5H,1,6-9H2. The molecule has 0 radical (unpaired) electrons. The van der Waals surface area contributed by atoms with Crippen molar-refractivity contribution in [1.82, 2.24) is 0 Å². The smallest absolute Gasteiger partial charge is 0.334 e. The molecule has 0 aromatic heterocycles.